The first-order valence-corrected chi connectivity index (χ1v) is 5.72. The molecule has 1 aromatic carbocycles. The molecule has 0 unspecified atom stereocenters. The second-order valence-corrected chi connectivity index (χ2v) is 5.36. The van der Waals surface area contributed by atoms with Gasteiger partial charge in [-0.15, -0.1) is 0 Å². The van der Waals surface area contributed by atoms with Crippen molar-refractivity contribution in [3.63, 3.8) is 0 Å². The lowest BCUT2D eigenvalue weighted by atomic mass is 9.84. The molecule has 2 nitrogen and oxygen atoms in total. The molecule has 0 aromatic heterocycles. The Hall–Kier alpha value is -1.49. The van der Waals surface area contributed by atoms with Crippen LogP contribution in [-0.4, -0.2) is 6.10 Å². The molecule has 2 rings (SSSR count). The predicted octanol–water partition coefficient (Wildman–Crippen LogP) is 3.40. The maximum atomic E-state index is 9.27. The van der Waals surface area contributed by atoms with Crippen molar-refractivity contribution < 1.29 is 4.74 Å². The Kier molecular flexibility index (Phi) is 2.63. The predicted molar refractivity (Wildman–Crippen MR) is 63.5 cm³/mol. The highest BCUT2D eigenvalue weighted by Crippen LogP contribution is 2.34. The second kappa shape index (κ2) is 3.83. The number of benzene rings is 1. The normalized spacial score (nSPS) is 15.6. The van der Waals surface area contributed by atoms with Crippen LogP contribution in [0.2, 0.25) is 0 Å². The van der Waals surface area contributed by atoms with E-state index in [1.165, 1.54) is 0 Å². The first-order valence-electron chi connectivity index (χ1n) is 5.72. The van der Waals surface area contributed by atoms with Gasteiger partial charge in [0, 0.05) is 0 Å². The van der Waals surface area contributed by atoms with Crippen molar-refractivity contribution in [3.05, 3.63) is 29.3 Å². The van der Waals surface area contributed by atoms with E-state index < -0.39 is 0 Å². The van der Waals surface area contributed by atoms with E-state index in [0.29, 0.717) is 11.7 Å². The molecule has 0 N–H and O–H groups in total. The van der Waals surface area contributed by atoms with Gasteiger partial charge in [-0.2, -0.15) is 5.26 Å². The van der Waals surface area contributed by atoms with Gasteiger partial charge in [-0.05, 0) is 29.9 Å². The van der Waals surface area contributed by atoms with Crippen LogP contribution in [0.25, 0.3) is 0 Å². The first-order chi connectivity index (χ1) is 7.52. The molecule has 0 aliphatic heterocycles. The van der Waals surface area contributed by atoms with Gasteiger partial charge in [-0.1, -0.05) is 32.9 Å². The Bertz CT molecular complexity index is 433. The van der Waals surface area contributed by atoms with Crippen molar-refractivity contribution in [1.82, 2.24) is 0 Å². The number of hydrogen-bond donors (Lipinski definition) is 0. The lowest BCUT2D eigenvalue weighted by molar-refractivity contribution is 0.301. The Morgan fingerprint density at radius 2 is 2.00 bits per heavy atom. The van der Waals surface area contributed by atoms with Gasteiger partial charge in [-0.25, -0.2) is 0 Å². The maximum Gasteiger partial charge on any atom is 0.137 e. The van der Waals surface area contributed by atoms with Gasteiger partial charge < -0.3 is 4.74 Å². The molecule has 1 fully saturated rings. The van der Waals surface area contributed by atoms with Gasteiger partial charge in [0.15, 0.2) is 0 Å². The molecular formula is C14H17NO. The summed E-state index contributed by atoms with van der Waals surface area (Å²) in [6.07, 6.45) is 2.57. The van der Waals surface area contributed by atoms with Crippen LogP contribution in [0.3, 0.4) is 0 Å². The minimum atomic E-state index is -0.0199. The quantitative estimate of drug-likeness (QED) is 0.757. The van der Waals surface area contributed by atoms with Crippen LogP contribution in [0.1, 0.15) is 44.7 Å². The zero-order chi connectivity index (χ0) is 11.8. The van der Waals surface area contributed by atoms with Crippen molar-refractivity contribution in [2.24, 2.45) is 0 Å². The molecule has 84 valence electrons. The van der Waals surface area contributed by atoms with E-state index in [0.717, 1.165) is 24.2 Å². The van der Waals surface area contributed by atoms with Gasteiger partial charge in [0.25, 0.3) is 0 Å². The Morgan fingerprint density at radius 1 is 1.31 bits per heavy atom. The zero-order valence-corrected chi connectivity index (χ0v) is 10.1. The fraction of sp³-hybridized carbons (Fsp3) is 0.500. The van der Waals surface area contributed by atoms with Crippen LogP contribution in [0, 0.1) is 11.3 Å². The lowest BCUT2D eigenvalue weighted by Crippen LogP contribution is -2.14. The molecule has 0 saturated heterocycles. The summed E-state index contributed by atoms with van der Waals surface area (Å²) in [5.74, 6) is 0.748. The van der Waals surface area contributed by atoms with Crippen molar-refractivity contribution >= 4 is 0 Å². The smallest absolute Gasteiger partial charge is 0.137 e. The number of nitrogens with zero attached hydrogens (tertiary/aromatic N) is 1. The lowest BCUT2D eigenvalue weighted by Gasteiger charge is -2.21. The van der Waals surface area contributed by atoms with E-state index in [1.807, 2.05) is 18.2 Å². The van der Waals surface area contributed by atoms with Crippen LogP contribution >= 0.6 is 0 Å². The highest BCUT2D eigenvalue weighted by atomic mass is 16.5. The van der Waals surface area contributed by atoms with Crippen molar-refractivity contribution in [1.29, 1.82) is 5.26 Å². The van der Waals surface area contributed by atoms with Gasteiger partial charge in [0.05, 0.1) is 11.7 Å². The second-order valence-electron chi connectivity index (χ2n) is 5.36. The summed E-state index contributed by atoms with van der Waals surface area (Å²) >= 11 is 0. The van der Waals surface area contributed by atoms with E-state index in [4.69, 9.17) is 4.74 Å². The van der Waals surface area contributed by atoms with Gasteiger partial charge >= 0.3 is 0 Å². The average Bonchev–Trinajstić information content (AvgIpc) is 3.00. The number of nitriles is 1. The third-order valence-corrected chi connectivity index (χ3v) is 2.76. The highest BCUT2D eigenvalue weighted by Gasteiger charge is 2.26. The molecule has 0 bridgehead atoms. The number of ether oxygens (including phenoxy) is 1. The average molecular weight is 215 g/mol. The Morgan fingerprint density at radius 3 is 2.50 bits per heavy atom. The number of rotatable bonds is 2. The molecule has 2 heteroatoms. The van der Waals surface area contributed by atoms with Gasteiger partial charge in [0.2, 0.25) is 0 Å². The molecular weight excluding hydrogens is 198 g/mol. The molecule has 0 heterocycles. The summed E-state index contributed by atoms with van der Waals surface area (Å²) < 4.78 is 5.76. The van der Waals surface area contributed by atoms with Crippen LogP contribution in [-0.2, 0) is 5.41 Å². The van der Waals surface area contributed by atoms with Crippen molar-refractivity contribution in [3.8, 4) is 11.8 Å². The summed E-state index contributed by atoms with van der Waals surface area (Å²) in [7, 11) is 0. The molecule has 1 aromatic rings. The fourth-order valence-electron chi connectivity index (χ4n) is 1.74. The molecule has 0 amide bonds. The van der Waals surface area contributed by atoms with Crippen LogP contribution < -0.4 is 4.74 Å². The van der Waals surface area contributed by atoms with E-state index in [2.05, 4.69) is 26.8 Å². The molecule has 1 saturated carbocycles. The molecule has 0 atom stereocenters. The number of hydrogen-bond acceptors (Lipinski definition) is 2. The first kappa shape index (κ1) is 11.0. The van der Waals surface area contributed by atoms with Crippen molar-refractivity contribution in [2.45, 2.75) is 45.1 Å². The zero-order valence-electron chi connectivity index (χ0n) is 10.1. The molecule has 0 spiro atoms. The Labute approximate surface area is 96.9 Å². The van der Waals surface area contributed by atoms with Gasteiger partial charge in [-0.3, -0.25) is 0 Å². The fourth-order valence-corrected chi connectivity index (χ4v) is 1.74. The third kappa shape index (κ3) is 2.19. The minimum absolute atomic E-state index is 0.0199. The molecule has 0 radical (unpaired) electrons. The van der Waals surface area contributed by atoms with E-state index in [-0.39, 0.29) is 5.41 Å². The van der Waals surface area contributed by atoms with E-state index in [1.54, 1.807) is 0 Å². The van der Waals surface area contributed by atoms with Crippen LogP contribution in [0.15, 0.2) is 18.2 Å². The maximum absolute atomic E-state index is 9.27. The largest absolute Gasteiger partial charge is 0.489 e. The third-order valence-electron chi connectivity index (χ3n) is 2.76. The highest BCUT2D eigenvalue weighted by molar-refractivity contribution is 5.51. The monoisotopic (exact) mass is 215 g/mol. The Balaban J connectivity index is 2.42. The standard InChI is InChI=1S/C14H17NO/c1-14(2,3)12-5-4-6-13(11(12)9-15)16-10-7-8-10/h4-6,10H,7-8H2,1-3H3. The molecule has 16 heavy (non-hydrogen) atoms. The van der Waals surface area contributed by atoms with Crippen LogP contribution in [0.4, 0.5) is 0 Å². The minimum Gasteiger partial charge on any atom is -0.489 e. The van der Waals surface area contributed by atoms with E-state index >= 15 is 0 Å². The topological polar surface area (TPSA) is 33.0 Å². The van der Waals surface area contributed by atoms with Crippen LogP contribution in [0.5, 0.6) is 5.75 Å². The summed E-state index contributed by atoms with van der Waals surface area (Å²) in [5, 5.41) is 9.27. The van der Waals surface area contributed by atoms with Crippen molar-refractivity contribution in [2.75, 3.05) is 0 Å². The summed E-state index contributed by atoms with van der Waals surface area (Å²) in [6, 6.07) is 8.16. The molecule has 1 aliphatic carbocycles. The van der Waals surface area contributed by atoms with Gasteiger partial charge in [0.1, 0.15) is 11.8 Å². The molecule has 1 aliphatic rings. The SMILES string of the molecule is CC(C)(C)c1cccc(OC2CC2)c1C#N. The summed E-state index contributed by atoms with van der Waals surface area (Å²) in [6.45, 7) is 6.35. The summed E-state index contributed by atoms with van der Waals surface area (Å²) in [4.78, 5) is 0. The van der Waals surface area contributed by atoms with E-state index in [9.17, 15) is 5.26 Å². The summed E-state index contributed by atoms with van der Waals surface area (Å²) in [5.41, 5.74) is 1.74.